The summed E-state index contributed by atoms with van der Waals surface area (Å²) in [5.41, 5.74) is 2.63. The molecule has 6 rings (SSSR count). The van der Waals surface area contributed by atoms with E-state index in [0.29, 0.717) is 48.9 Å². The van der Waals surface area contributed by atoms with Gasteiger partial charge in [0.15, 0.2) is 5.65 Å². The van der Waals surface area contributed by atoms with Gasteiger partial charge in [-0.3, -0.25) is 4.79 Å². The summed E-state index contributed by atoms with van der Waals surface area (Å²) < 4.78 is 28.1. The van der Waals surface area contributed by atoms with Crippen LogP contribution in [-0.4, -0.2) is 63.4 Å². The van der Waals surface area contributed by atoms with Crippen LogP contribution in [0.15, 0.2) is 36.7 Å². The quantitative estimate of drug-likeness (QED) is 0.664. The Morgan fingerprint density at radius 2 is 2.16 bits per heavy atom. The average Bonchev–Trinajstić information content (AvgIpc) is 3.29. The van der Waals surface area contributed by atoms with Crippen LogP contribution in [0.3, 0.4) is 0 Å². The molecule has 8 nitrogen and oxygen atoms in total. The zero-order chi connectivity index (χ0) is 21.7. The highest BCUT2D eigenvalue weighted by Crippen LogP contribution is 2.31. The maximum Gasteiger partial charge on any atom is 0.252 e. The van der Waals surface area contributed by atoms with E-state index in [-0.39, 0.29) is 23.9 Å². The first-order valence-electron chi connectivity index (χ1n) is 11.1. The minimum Gasteiger partial charge on any atom is -0.475 e. The van der Waals surface area contributed by atoms with E-state index in [0.717, 1.165) is 24.8 Å². The number of carbonyl (C=O) groups is 1. The molecule has 9 heteroatoms. The number of halogens is 1. The van der Waals surface area contributed by atoms with Crippen molar-refractivity contribution in [3.63, 3.8) is 0 Å². The van der Waals surface area contributed by atoms with Crippen molar-refractivity contribution < 1.29 is 18.7 Å². The minimum absolute atomic E-state index is 0.000753. The third kappa shape index (κ3) is 3.46. The van der Waals surface area contributed by atoms with Crippen LogP contribution in [0.25, 0.3) is 16.8 Å². The minimum atomic E-state index is -0.428. The van der Waals surface area contributed by atoms with E-state index < -0.39 is 6.10 Å². The maximum absolute atomic E-state index is 14.4. The lowest BCUT2D eigenvalue weighted by Gasteiger charge is -2.28. The van der Waals surface area contributed by atoms with Crippen LogP contribution in [0.2, 0.25) is 0 Å². The van der Waals surface area contributed by atoms with Crippen molar-refractivity contribution >= 4 is 17.2 Å². The number of rotatable bonds is 2. The highest BCUT2D eigenvalue weighted by Gasteiger charge is 2.42. The van der Waals surface area contributed by atoms with Gasteiger partial charge in [-0.05, 0) is 43.0 Å². The molecule has 1 saturated carbocycles. The van der Waals surface area contributed by atoms with E-state index in [9.17, 15) is 9.18 Å². The van der Waals surface area contributed by atoms with E-state index in [1.54, 1.807) is 23.0 Å². The van der Waals surface area contributed by atoms with Crippen LogP contribution >= 0.6 is 0 Å². The van der Waals surface area contributed by atoms with Crippen LogP contribution in [0, 0.1) is 5.82 Å². The fourth-order valence-corrected chi connectivity index (χ4v) is 4.63. The number of benzene rings is 1. The highest BCUT2D eigenvalue weighted by molar-refractivity contribution is 5.84. The maximum atomic E-state index is 14.4. The zero-order valence-corrected chi connectivity index (χ0v) is 17.5. The molecule has 0 unspecified atom stereocenters. The van der Waals surface area contributed by atoms with Crippen molar-refractivity contribution in [1.29, 1.82) is 0 Å². The fraction of sp³-hybridized carbons (Fsp3) is 0.435. The van der Waals surface area contributed by atoms with Crippen molar-refractivity contribution in [3.05, 3.63) is 42.5 Å². The largest absolute Gasteiger partial charge is 0.475 e. The van der Waals surface area contributed by atoms with Gasteiger partial charge < -0.3 is 19.7 Å². The lowest BCUT2D eigenvalue weighted by Crippen LogP contribution is -2.41. The monoisotopic (exact) mass is 437 g/mol. The summed E-state index contributed by atoms with van der Waals surface area (Å²) in [6.07, 6.45) is 7.00. The van der Waals surface area contributed by atoms with Crippen LogP contribution in [0.1, 0.15) is 25.7 Å². The molecule has 0 spiro atoms. The molecule has 2 fully saturated rings. The summed E-state index contributed by atoms with van der Waals surface area (Å²) in [5, 5.41) is 7.59. The van der Waals surface area contributed by atoms with Crippen LogP contribution in [0.4, 0.5) is 10.1 Å². The van der Waals surface area contributed by atoms with Gasteiger partial charge in [0.05, 0.1) is 18.3 Å². The van der Waals surface area contributed by atoms with Crippen molar-refractivity contribution in [3.8, 4) is 17.0 Å². The van der Waals surface area contributed by atoms with Crippen molar-refractivity contribution in [1.82, 2.24) is 19.5 Å². The molecule has 4 heterocycles. The molecule has 0 radical (unpaired) electrons. The van der Waals surface area contributed by atoms with Gasteiger partial charge >= 0.3 is 0 Å². The number of aromatic nitrogens is 3. The van der Waals surface area contributed by atoms with E-state index in [2.05, 4.69) is 15.4 Å². The Morgan fingerprint density at radius 3 is 3.00 bits per heavy atom. The lowest BCUT2D eigenvalue weighted by atomic mass is 9.96. The SMILES string of the molecule is O=C1[C@H](OC2CCC2)C[C@H]2COc3ccn4ncc(c4n3)-c3cc(F)cc(c3)NCCN12. The number of nitrogens with zero attached hydrogens (tertiary/aromatic N) is 4. The van der Waals surface area contributed by atoms with E-state index in [1.165, 1.54) is 12.1 Å². The third-order valence-electron chi connectivity index (χ3n) is 6.55. The van der Waals surface area contributed by atoms with Gasteiger partial charge in [0, 0.05) is 43.0 Å². The van der Waals surface area contributed by atoms with Crippen molar-refractivity contribution in [2.75, 3.05) is 25.0 Å². The Labute approximate surface area is 184 Å². The van der Waals surface area contributed by atoms with Gasteiger partial charge in [0.2, 0.25) is 5.88 Å². The number of fused-ring (bicyclic) bond motifs is 5. The van der Waals surface area contributed by atoms with Gasteiger partial charge in [0.1, 0.15) is 18.5 Å². The Balaban J connectivity index is 1.34. The van der Waals surface area contributed by atoms with Crippen molar-refractivity contribution in [2.45, 2.75) is 43.9 Å². The summed E-state index contributed by atoms with van der Waals surface area (Å²) >= 11 is 0. The standard InChI is InChI=1S/C23H24FN5O3/c24-15-8-14-9-16(10-15)25-5-7-28-17(11-20(23(28)30)32-18-2-1-3-18)13-31-21-4-6-29-22(27-21)19(14)12-26-29/h4,6,8-10,12,17-18,20,25H,1-3,5,7,11,13H2/t17-,20+/m0/s1. The van der Waals surface area contributed by atoms with Gasteiger partial charge in [0.25, 0.3) is 5.91 Å². The van der Waals surface area contributed by atoms with Gasteiger partial charge in [-0.15, -0.1) is 0 Å². The molecule has 2 aromatic heterocycles. The summed E-state index contributed by atoms with van der Waals surface area (Å²) in [7, 11) is 0. The molecule has 3 aromatic rings. The second-order valence-corrected chi connectivity index (χ2v) is 8.66. The van der Waals surface area contributed by atoms with E-state index in [1.807, 2.05) is 11.0 Å². The summed E-state index contributed by atoms with van der Waals surface area (Å²) in [5.74, 6) is 0.0931. The predicted molar refractivity (Wildman–Crippen MR) is 115 cm³/mol. The number of hydrogen-bond donors (Lipinski definition) is 1. The number of ether oxygens (including phenoxy) is 2. The molecule has 32 heavy (non-hydrogen) atoms. The number of anilines is 1. The molecule has 1 aromatic carbocycles. The van der Waals surface area contributed by atoms with Crippen LogP contribution in [0.5, 0.6) is 5.88 Å². The first kappa shape index (κ1) is 19.5. The molecule has 3 aliphatic rings. The lowest BCUT2D eigenvalue weighted by molar-refractivity contribution is -0.143. The normalized spacial score (nSPS) is 23.4. The smallest absolute Gasteiger partial charge is 0.252 e. The predicted octanol–water partition coefficient (Wildman–Crippen LogP) is 2.88. The molecular formula is C23H24FN5O3. The molecule has 1 aliphatic carbocycles. The molecule has 1 saturated heterocycles. The number of nitrogens with one attached hydrogen (secondary N) is 1. The molecule has 2 aliphatic heterocycles. The van der Waals surface area contributed by atoms with E-state index in [4.69, 9.17) is 9.47 Å². The number of amides is 1. The molecule has 1 amide bonds. The summed E-state index contributed by atoms with van der Waals surface area (Å²) in [6.45, 7) is 1.31. The number of hydrogen-bond acceptors (Lipinski definition) is 6. The number of carbonyl (C=O) groups excluding carboxylic acids is 1. The van der Waals surface area contributed by atoms with Gasteiger partial charge in [-0.2, -0.15) is 10.1 Å². The van der Waals surface area contributed by atoms with Gasteiger partial charge in [-0.25, -0.2) is 8.91 Å². The summed E-state index contributed by atoms with van der Waals surface area (Å²) in [6, 6.07) is 6.42. The molecular weight excluding hydrogens is 413 g/mol. The molecule has 1 N–H and O–H groups in total. The Morgan fingerprint density at radius 1 is 1.25 bits per heavy atom. The average molecular weight is 437 g/mol. The molecule has 2 atom stereocenters. The van der Waals surface area contributed by atoms with E-state index >= 15 is 0 Å². The first-order chi connectivity index (χ1) is 15.6. The summed E-state index contributed by atoms with van der Waals surface area (Å²) in [4.78, 5) is 19.5. The second-order valence-electron chi connectivity index (χ2n) is 8.66. The Kier molecular flexibility index (Phi) is 4.71. The zero-order valence-electron chi connectivity index (χ0n) is 17.5. The van der Waals surface area contributed by atoms with Crippen molar-refractivity contribution in [2.24, 2.45) is 0 Å². The Bertz CT molecular complexity index is 1180. The van der Waals surface area contributed by atoms with Crippen LogP contribution in [-0.2, 0) is 9.53 Å². The Hall–Kier alpha value is -3.20. The van der Waals surface area contributed by atoms with Crippen LogP contribution < -0.4 is 10.1 Å². The fourth-order valence-electron chi connectivity index (χ4n) is 4.63. The first-order valence-corrected chi connectivity index (χ1v) is 11.1. The topological polar surface area (TPSA) is 81.0 Å². The molecule has 4 bridgehead atoms. The highest BCUT2D eigenvalue weighted by atomic mass is 19.1. The van der Waals surface area contributed by atoms with Gasteiger partial charge in [-0.1, -0.05) is 0 Å². The second kappa shape index (κ2) is 7.74. The third-order valence-corrected chi connectivity index (χ3v) is 6.55. The molecule has 166 valence electrons.